The molecule has 0 aliphatic rings. The van der Waals surface area contributed by atoms with E-state index in [0.29, 0.717) is 0 Å². The summed E-state index contributed by atoms with van der Waals surface area (Å²) in [5.41, 5.74) is 1.11. The molecule has 0 aliphatic carbocycles. The van der Waals surface area contributed by atoms with Gasteiger partial charge in [0.2, 0.25) is 0 Å². The molecule has 1 nitrogen and oxygen atoms in total. The Morgan fingerprint density at radius 3 is 1.62 bits per heavy atom. The van der Waals surface area contributed by atoms with E-state index in [4.69, 9.17) is 0 Å². The first-order valence-corrected chi connectivity index (χ1v) is 6.62. The maximum Gasteiger partial charge on any atom is 0.0672 e. The van der Waals surface area contributed by atoms with Gasteiger partial charge < -0.3 is 4.90 Å². The van der Waals surface area contributed by atoms with Gasteiger partial charge in [0, 0.05) is 23.0 Å². The van der Waals surface area contributed by atoms with Crippen LogP contribution in [-0.4, -0.2) is 14.1 Å². The van der Waals surface area contributed by atoms with Gasteiger partial charge in [-0.15, -0.1) is 0 Å². The van der Waals surface area contributed by atoms with Crippen LogP contribution in [-0.2, 0) is 0 Å². The SMILES string of the molecule is CN(C)c1c(Br)c(Br)cc(Br)c1Br. The fraction of sp³-hybridized carbons (Fsp3) is 0.250. The first-order chi connectivity index (χ1) is 5.95. The molecular weight excluding hydrogens is 430 g/mol. The summed E-state index contributed by atoms with van der Waals surface area (Å²) in [4.78, 5) is 2.05. The number of nitrogens with zero attached hydrogens (tertiary/aromatic N) is 1. The molecule has 1 rings (SSSR count). The molecule has 0 N–H and O–H groups in total. The standard InChI is InChI=1S/C8H7Br4N/c1-13(2)8-6(11)4(9)3-5(10)7(8)12/h3H,1-2H3. The normalized spacial score (nSPS) is 10.3. The Morgan fingerprint density at radius 1 is 0.923 bits per heavy atom. The summed E-state index contributed by atoms with van der Waals surface area (Å²) in [6.07, 6.45) is 0. The quantitative estimate of drug-likeness (QED) is 0.572. The number of anilines is 1. The highest BCUT2D eigenvalue weighted by atomic mass is 79.9. The lowest BCUT2D eigenvalue weighted by atomic mass is 10.3. The van der Waals surface area contributed by atoms with Crippen LogP contribution < -0.4 is 4.90 Å². The molecule has 0 saturated heterocycles. The highest BCUT2D eigenvalue weighted by Gasteiger charge is 2.13. The minimum atomic E-state index is 1.03. The number of benzene rings is 1. The van der Waals surface area contributed by atoms with Gasteiger partial charge in [0.15, 0.2) is 0 Å². The van der Waals surface area contributed by atoms with Crippen molar-refractivity contribution in [2.24, 2.45) is 0 Å². The molecule has 0 saturated carbocycles. The highest BCUT2D eigenvalue weighted by molar-refractivity contribution is 9.14. The Hall–Kier alpha value is 0.940. The second-order valence-corrected chi connectivity index (χ2v) is 6.01. The Balaban J connectivity index is 3.46. The zero-order chi connectivity index (χ0) is 10.2. The van der Waals surface area contributed by atoms with E-state index in [2.05, 4.69) is 63.7 Å². The average Bonchev–Trinajstić information content (AvgIpc) is 2.01. The predicted molar refractivity (Wildman–Crippen MR) is 71.6 cm³/mol. The Kier molecular flexibility index (Phi) is 4.29. The van der Waals surface area contributed by atoms with Gasteiger partial charge in [-0.2, -0.15) is 0 Å². The molecule has 0 unspecified atom stereocenters. The van der Waals surface area contributed by atoms with Crippen LogP contribution in [0.4, 0.5) is 5.69 Å². The van der Waals surface area contributed by atoms with Crippen molar-refractivity contribution in [3.8, 4) is 0 Å². The number of hydrogen-bond donors (Lipinski definition) is 0. The summed E-state index contributed by atoms with van der Waals surface area (Å²) in [6, 6.07) is 2.00. The van der Waals surface area contributed by atoms with E-state index in [1.807, 2.05) is 25.1 Å². The minimum absolute atomic E-state index is 1.03. The van der Waals surface area contributed by atoms with Crippen LogP contribution in [0.15, 0.2) is 24.0 Å². The van der Waals surface area contributed by atoms with E-state index in [1.165, 1.54) is 0 Å². The fourth-order valence-corrected chi connectivity index (χ4v) is 3.69. The first-order valence-electron chi connectivity index (χ1n) is 3.45. The van der Waals surface area contributed by atoms with Crippen molar-refractivity contribution < 1.29 is 0 Å². The van der Waals surface area contributed by atoms with Crippen LogP contribution in [0.25, 0.3) is 0 Å². The molecule has 1 aromatic rings. The molecule has 0 aromatic heterocycles. The zero-order valence-electron chi connectivity index (χ0n) is 7.04. The molecule has 5 heteroatoms. The minimum Gasteiger partial charge on any atom is -0.376 e. The molecule has 72 valence electrons. The molecule has 0 bridgehead atoms. The van der Waals surface area contributed by atoms with Crippen molar-refractivity contribution >= 4 is 69.4 Å². The largest absolute Gasteiger partial charge is 0.376 e. The Morgan fingerprint density at radius 2 is 1.31 bits per heavy atom. The van der Waals surface area contributed by atoms with Gasteiger partial charge in [-0.1, -0.05) is 0 Å². The molecule has 0 radical (unpaired) electrons. The van der Waals surface area contributed by atoms with Gasteiger partial charge in [-0.25, -0.2) is 0 Å². The van der Waals surface area contributed by atoms with Crippen LogP contribution in [0.1, 0.15) is 0 Å². The molecule has 0 aliphatic heterocycles. The predicted octanol–water partition coefficient (Wildman–Crippen LogP) is 4.80. The van der Waals surface area contributed by atoms with Crippen molar-refractivity contribution in [3.05, 3.63) is 24.0 Å². The van der Waals surface area contributed by atoms with Crippen LogP contribution in [0.3, 0.4) is 0 Å². The van der Waals surface area contributed by atoms with Crippen LogP contribution >= 0.6 is 63.7 Å². The fourth-order valence-electron chi connectivity index (χ4n) is 0.953. The van der Waals surface area contributed by atoms with Crippen molar-refractivity contribution in [1.82, 2.24) is 0 Å². The van der Waals surface area contributed by atoms with Gasteiger partial charge in [-0.3, -0.25) is 0 Å². The van der Waals surface area contributed by atoms with Crippen molar-refractivity contribution in [2.75, 3.05) is 19.0 Å². The van der Waals surface area contributed by atoms with E-state index in [9.17, 15) is 0 Å². The smallest absolute Gasteiger partial charge is 0.0672 e. The number of rotatable bonds is 1. The Bertz CT molecular complexity index is 309. The van der Waals surface area contributed by atoms with Gasteiger partial charge in [0.05, 0.1) is 14.6 Å². The van der Waals surface area contributed by atoms with Crippen LogP contribution in [0.2, 0.25) is 0 Å². The van der Waals surface area contributed by atoms with Gasteiger partial charge in [-0.05, 0) is 69.8 Å². The third kappa shape index (κ3) is 2.49. The third-order valence-electron chi connectivity index (χ3n) is 1.54. The van der Waals surface area contributed by atoms with E-state index in [-0.39, 0.29) is 0 Å². The Labute approximate surface area is 111 Å². The van der Waals surface area contributed by atoms with Gasteiger partial charge in [0.1, 0.15) is 0 Å². The summed E-state index contributed by atoms with van der Waals surface area (Å²) in [7, 11) is 4.01. The lowest BCUT2D eigenvalue weighted by Gasteiger charge is -2.18. The van der Waals surface area contributed by atoms with Crippen molar-refractivity contribution in [1.29, 1.82) is 0 Å². The first kappa shape index (κ1) is 12.0. The van der Waals surface area contributed by atoms with E-state index in [1.54, 1.807) is 0 Å². The average molecular weight is 437 g/mol. The van der Waals surface area contributed by atoms with E-state index < -0.39 is 0 Å². The molecule has 0 heterocycles. The summed E-state index contributed by atoms with van der Waals surface area (Å²) in [5.74, 6) is 0. The second-order valence-electron chi connectivity index (χ2n) is 2.71. The summed E-state index contributed by atoms with van der Waals surface area (Å²) in [6.45, 7) is 0. The van der Waals surface area contributed by atoms with E-state index in [0.717, 1.165) is 23.6 Å². The molecule has 0 atom stereocenters. The van der Waals surface area contributed by atoms with Crippen molar-refractivity contribution in [3.63, 3.8) is 0 Å². The van der Waals surface area contributed by atoms with Crippen LogP contribution in [0, 0.1) is 0 Å². The molecule has 0 fully saturated rings. The molecule has 0 spiro atoms. The topological polar surface area (TPSA) is 3.24 Å². The summed E-state index contributed by atoms with van der Waals surface area (Å²) >= 11 is 14.0. The van der Waals surface area contributed by atoms with E-state index >= 15 is 0 Å². The van der Waals surface area contributed by atoms with Crippen LogP contribution in [0.5, 0.6) is 0 Å². The molecule has 13 heavy (non-hydrogen) atoms. The maximum absolute atomic E-state index is 3.53. The maximum atomic E-state index is 3.53. The summed E-state index contributed by atoms with van der Waals surface area (Å²) in [5, 5.41) is 0. The summed E-state index contributed by atoms with van der Waals surface area (Å²) < 4.78 is 4.16. The lowest BCUT2D eigenvalue weighted by molar-refractivity contribution is 1.11. The second kappa shape index (κ2) is 4.64. The number of halogens is 4. The molecular formula is C8H7Br4N. The molecule has 0 amide bonds. The number of hydrogen-bond acceptors (Lipinski definition) is 1. The molecule has 1 aromatic carbocycles. The monoisotopic (exact) mass is 433 g/mol. The van der Waals surface area contributed by atoms with Gasteiger partial charge >= 0.3 is 0 Å². The van der Waals surface area contributed by atoms with Gasteiger partial charge in [0.25, 0.3) is 0 Å². The third-order valence-corrected chi connectivity index (χ3v) is 5.46. The van der Waals surface area contributed by atoms with Crippen molar-refractivity contribution in [2.45, 2.75) is 0 Å². The lowest BCUT2D eigenvalue weighted by Crippen LogP contribution is -2.10. The highest BCUT2D eigenvalue weighted by Crippen LogP contribution is 2.42. The zero-order valence-corrected chi connectivity index (χ0v) is 13.4.